The van der Waals surface area contributed by atoms with Crippen LogP contribution in [0.25, 0.3) is 0 Å². The minimum Gasteiger partial charge on any atom is -0.429 e. The molecular formula is C9H5Br2ClN2OS. The summed E-state index contributed by atoms with van der Waals surface area (Å²) < 4.78 is 7.39. The summed E-state index contributed by atoms with van der Waals surface area (Å²) in [7, 11) is 0. The standard InChI is InChI=1S/C9H5Br2ClN2OS/c10-5-1-2-7(6(11)3-5)15-9-14-13-8(4-12)16-9/h1-3H,4H2. The van der Waals surface area contributed by atoms with Crippen LogP contribution >= 0.6 is 54.8 Å². The number of aromatic nitrogens is 2. The van der Waals surface area contributed by atoms with Crippen LogP contribution in [-0.2, 0) is 5.88 Å². The first-order chi connectivity index (χ1) is 7.69. The van der Waals surface area contributed by atoms with E-state index in [0.29, 0.717) is 16.8 Å². The van der Waals surface area contributed by atoms with Crippen molar-refractivity contribution in [3.05, 3.63) is 32.2 Å². The zero-order chi connectivity index (χ0) is 11.5. The monoisotopic (exact) mass is 382 g/mol. The summed E-state index contributed by atoms with van der Waals surface area (Å²) in [4.78, 5) is 0. The van der Waals surface area contributed by atoms with Crippen molar-refractivity contribution in [3.63, 3.8) is 0 Å². The van der Waals surface area contributed by atoms with Gasteiger partial charge in [-0.3, -0.25) is 0 Å². The van der Waals surface area contributed by atoms with Gasteiger partial charge in [-0.2, -0.15) is 0 Å². The van der Waals surface area contributed by atoms with Crippen LogP contribution in [0.3, 0.4) is 0 Å². The molecule has 2 aromatic rings. The Balaban J connectivity index is 2.20. The molecule has 0 aliphatic heterocycles. The van der Waals surface area contributed by atoms with Gasteiger partial charge in [0.1, 0.15) is 10.8 Å². The molecule has 3 nitrogen and oxygen atoms in total. The SMILES string of the molecule is ClCc1nnc(Oc2ccc(Br)cc2Br)s1. The summed E-state index contributed by atoms with van der Waals surface area (Å²) in [6, 6.07) is 5.64. The van der Waals surface area contributed by atoms with Crippen molar-refractivity contribution in [1.29, 1.82) is 0 Å². The lowest BCUT2D eigenvalue weighted by Gasteiger charge is -2.03. The maximum absolute atomic E-state index is 5.63. The highest BCUT2D eigenvalue weighted by molar-refractivity contribution is 9.11. The summed E-state index contributed by atoms with van der Waals surface area (Å²) >= 11 is 13.7. The molecule has 84 valence electrons. The molecule has 2 rings (SSSR count). The van der Waals surface area contributed by atoms with Gasteiger partial charge in [0.05, 0.1) is 10.4 Å². The van der Waals surface area contributed by atoms with E-state index < -0.39 is 0 Å². The van der Waals surface area contributed by atoms with E-state index in [0.717, 1.165) is 14.0 Å². The van der Waals surface area contributed by atoms with Crippen molar-refractivity contribution < 1.29 is 4.74 Å². The summed E-state index contributed by atoms with van der Waals surface area (Å²) in [5, 5.41) is 8.97. The van der Waals surface area contributed by atoms with E-state index in [1.165, 1.54) is 11.3 Å². The molecule has 1 aromatic heterocycles. The molecule has 0 atom stereocenters. The van der Waals surface area contributed by atoms with Gasteiger partial charge in [0.2, 0.25) is 0 Å². The highest BCUT2D eigenvalue weighted by Gasteiger charge is 2.08. The number of nitrogens with zero attached hydrogens (tertiary/aromatic N) is 2. The molecule has 7 heteroatoms. The van der Waals surface area contributed by atoms with E-state index in [1.54, 1.807) is 0 Å². The smallest absolute Gasteiger partial charge is 0.299 e. The number of alkyl halides is 1. The number of halogens is 3. The van der Waals surface area contributed by atoms with E-state index >= 15 is 0 Å². The first kappa shape index (κ1) is 12.3. The maximum atomic E-state index is 5.63. The van der Waals surface area contributed by atoms with Crippen LogP contribution in [0.5, 0.6) is 10.9 Å². The Labute approximate surface area is 118 Å². The Bertz CT molecular complexity index is 506. The summed E-state index contributed by atoms with van der Waals surface area (Å²) in [6.45, 7) is 0. The van der Waals surface area contributed by atoms with Gasteiger partial charge >= 0.3 is 0 Å². The van der Waals surface area contributed by atoms with Crippen LogP contribution in [0.15, 0.2) is 27.1 Å². The van der Waals surface area contributed by atoms with Crippen LogP contribution in [0, 0.1) is 0 Å². The molecule has 0 aliphatic carbocycles. The lowest BCUT2D eigenvalue weighted by Crippen LogP contribution is -1.84. The summed E-state index contributed by atoms with van der Waals surface area (Å²) in [6.07, 6.45) is 0. The molecule has 0 radical (unpaired) electrons. The molecule has 0 N–H and O–H groups in total. The first-order valence-corrected chi connectivity index (χ1v) is 7.14. The predicted octanol–water partition coefficient (Wildman–Crippen LogP) is 4.59. The van der Waals surface area contributed by atoms with Gasteiger partial charge in [0.15, 0.2) is 0 Å². The topological polar surface area (TPSA) is 35.0 Å². The predicted molar refractivity (Wildman–Crippen MR) is 71.4 cm³/mol. The Hall–Kier alpha value is -0.170. The molecule has 0 saturated heterocycles. The number of hydrogen-bond donors (Lipinski definition) is 0. The summed E-state index contributed by atoms with van der Waals surface area (Å²) in [5.74, 6) is 1.04. The molecule has 1 aromatic carbocycles. The highest BCUT2D eigenvalue weighted by atomic mass is 79.9. The second-order valence-electron chi connectivity index (χ2n) is 2.77. The van der Waals surface area contributed by atoms with E-state index in [4.69, 9.17) is 16.3 Å². The van der Waals surface area contributed by atoms with Crippen molar-refractivity contribution >= 4 is 54.8 Å². The second-order valence-corrected chi connectivity index (χ2v) is 5.83. The van der Waals surface area contributed by atoms with Crippen molar-refractivity contribution in [3.8, 4) is 10.9 Å². The minimum absolute atomic E-state index is 0.350. The van der Waals surface area contributed by atoms with Gasteiger partial charge < -0.3 is 4.74 Å². The van der Waals surface area contributed by atoms with Gasteiger partial charge in [-0.1, -0.05) is 32.4 Å². The number of hydrogen-bond acceptors (Lipinski definition) is 4. The van der Waals surface area contributed by atoms with E-state index in [2.05, 4.69) is 42.1 Å². The molecule has 1 heterocycles. The maximum Gasteiger partial charge on any atom is 0.299 e. The fourth-order valence-corrected chi connectivity index (χ4v) is 2.88. The summed E-state index contributed by atoms with van der Waals surface area (Å²) in [5.41, 5.74) is 0. The van der Waals surface area contributed by atoms with Crippen LogP contribution in [0.4, 0.5) is 0 Å². The average molecular weight is 384 g/mol. The van der Waals surface area contributed by atoms with E-state index in [1.807, 2.05) is 18.2 Å². The number of ether oxygens (including phenoxy) is 1. The quantitative estimate of drug-likeness (QED) is 0.726. The number of benzene rings is 1. The third-order valence-electron chi connectivity index (χ3n) is 1.65. The molecule has 0 bridgehead atoms. The average Bonchev–Trinajstić information content (AvgIpc) is 2.70. The van der Waals surface area contributed by atoms with Crippen LogP contribution < -0.4 is 4.74 Å². The van der Waals surface area contributed by atoms with Crippen LogP contribution in [0.2, 0.25) is 0 Å². The molecule has 0 saturated carbocycles. The molecule has 0 fully saturated rings. The molecular weight excluding hydrogens is 379 g/mol. The van der Waals surface area contributed by atoms with E-state index in [9.17, 15) is 0 Å². The lowest BCUT2D eigenvalue weighted by atomic mass is 10.3. The third kappa shape index (κ3) is 2.94. The van der Waals surface area contributed by atoms with Crippen molar-refractivity contribution in [2.45, 2.75) is 5.88 Å². The van der Waals surface area contributed by atoms with Gasteiger partial charge in [0.25, 0.3) is 5.19 Å². The lowest BCUT2D eigenvalue weighted by molar-refractivity contribution is 0.470. The molecule has 0 amide bonds. The Kier molecular flexibility index (Phi) is 4.18. The second kappa shape index (κ2) is 5.44. The third-order valence-corrected chi connectivity index (χ3v) is 3.98. The van der Waals surface area contributed by atoms with Gasteiger partial charge in [0, 0.05) is 4.47 Å². The fraction of sp³-hybridized carbons (Fsp3) is 0.111. The highest BCUT2D eigenvalue weighted by Crippen LogP contribution is 2.33. The van der Waals surface area contributed by atoms with Crippen LogP contribution in [0.1, 0.15) is 5.01 Å². The zero-order valence-corrected chi connectivity index (χ0v) is 12.5. The molecule has 16 heavy (non-hydrogen) atoms. The van der Waals surface area contributed by atoms with Crippen molar-refractivity contribution in [1.82, 2.24) is 10.2 Å². The normalized spacial score (nSPS) is 10.4. The van der Waals surface area contributed by atoms with E-state index in [-0.39, 0.29) is 0 Å². The Morgan fingerprint density at radius 3 is 2.75 bits per heavy atom. The largest absolute Gasteiger partial charge is 0.429 e. The van der Waals surface area contributed by atoms with Gasteiger partial charge in [-0.15, -0.1) is 16.7 Å². The van der Waals surface area contributed by atoms with Crippen molar-refractivity contribution in [2.75, 3.05) is 0 Å². The molecule has 0 aliphatic rings. The Morgan fingerprint density at radius 2 is 2.12 bits per heavy atom. The van der Waals surface area contributed by atoms with Gasteiger partial charge in [-0.25, -0.2) is 0 Å². The number of rotatable bonds is 3. The van der Waals surface area contributed by atoms with Crippen LogP contribution in [-0.4, -0.2) is 10.2 Å². The Morgan fingerprint density at radius 1 is 1.31 bits per heavy atom. The van der Waals surface area contributed by atoms with Crippen molar-refractivity contribution in [2.24, 2.45) is 0 Å². The molecule has 0 spiro atoms. The zero-order valence-electron chi connectivity index (χ0n) is 7.78. The molecule has 0 unspecified atom stereocenters. The minimum atomic E-state index is 0.350. The fourth-order valence-electron chi connectivity index (χ4n) is 0.985. The first-order valence-electron chi connectivity index (χ1n) is 4.20. The van der Waals surface area contributed by atoms with Gasteiger partial charge in [-0.05, 0) is 34.1 Å².